The Bertz CT molecular complexity index is 897. The lowest BCUT2D eigenvalue weighted by Gasteiger charge is -2.05. The van der Waals surface area contributed by atoms with Crippen molar-refractivity contribution >= 4 is 23.2 Å². The van der Waals surface area contributed by atoms with Gasteiger partial charge < -0.3 is 10.6 Å². The van der Waals surface area contributed by atoms with Gasteiger partial charge in [0.25, 0.3) is 11.8 Å². The molecule has 25 heavy (non-hydrogen) atoms. The molecule has 0 saturated heterocycles. The Morgan fingerprint density at radius 1 is 1.04 bits per heavy atom. The summed E-state index contributed by atoms with van der Waals surface area (Å²) in [4.78, 5) is 24.8. The van der Waals surface area contributed by atoms with Gasteiger partial charge in [0, 0.05) is 31.7 Å². The first-order chi connectivity index (χ1) is 12.1. The average molecular weight is 338 g/mol. The van der Waals surface area contributed by atoms with Crippen molar-refractivity contribution in [3.05, 3.63) is 60.2 Å². The van der Waals surface area contributed by atoms with Gasteiger partial charge in [0.1, 0.15) is 0 Å². The molecule has 0 bridgehead atoms. The van der Waals surface area contributed by atoms with Gasteiger partial charge in [0.2, 0.25) is 0 Å². The van der Waals surface area contributed by atoms with E-state index in [9.17, 15) is 9.59 Å². The minimum Gasteiger partial charge on any atom is -0.321 e. The highest BCUT2D eigenvalue weighted by molar-refractivity contribution is 6.10. The molecule has 0 spiro atoms. The van der Waals surface area contributed by atoms with Crippen LogP contribution in [-0.2, 0) is 13.6 Å². The molecule has 3 rings (SSSR count). The average Bonchev–Trinajstić information content (AvgIpc) is 3.22. The maximum atomic E-state index is 12.5. The predicted molar refractivity (Wildman–Crippen MR) is 93.5 cm³/mol. The van der Waals surface area contributed by atoms with Crippen LogP contribution in [0.15, 0.2) is 48.8 Å². The summed E-state index contributed by atoms with van der Waals surface area (Å²) >= 11 is 0. The van der Waals surface area contributed by atoms with Crippen LogP contribution >= 0.6 is 0 Å². The third kappa shape index (κ3) is 3.74. The summed E-state index contributed by atoms with van der Waals surface area (Å²) in [5.41, 5.74) is 1.41. The van der Waals surface area contributed by atoms with Crippen LogP contribution in [-0.4, -0.2) is 31.4 Å². The first-order valence-electron chi connectivity index (χ1n) is 7.81. The predicted octanol–water partition coefficient (Wildman–Crippen LogP) is 2.14. The molecule has 2 N–H and O–H groups in total. The van der Waals surface area contributed by atoms with E-state index in [1.807, 2.05) is 25.1 Å². The summed E-state index contributed by atoms with van der Waals surface area (Å²) in [5.74, 6) is -0.792. The number of hydrogen-bond acceptors (Lipinski definition) is 4. The smallest absolute Gasteiger partial charge is 0.278 e. The number of hydrogen-bond donors (Lipinski definition) is 2. The second kappa shape index (κ2) is 7.00. The van der Waals surface area contributed by atoms with E-state index in [2.05, 4.69) is 20.8 Å². The molecular formula is C17H18N6O2. The van der Waals surface area contributed by atoms with Crippen LogP contribution in [0.4, 0.5) is 11.4 Å². The van der Waals surface area contributed by atoms with E-state index in [1.165, 1.54) is 4.68 Å². The first-order valence-corrected chi connectivity index (χ1v) is 7.81. The van der Waals surface area contributed by atoms with Gasteiger partial charge in [-0.1, -0.05) is 18.2 Å². The zero-order chi connectivity index (χ0) is 17.8. The fraction of sp³-hybridized carbons (Fsp3) is 0.176. The van der Waals surface area contributed by atoms with Crippen LogP contribution in [0, 0.1) is 0 Å². The third-order valence-corrected chi connectivity index (χ3v) is 3.53. The van der Waals surface area contributed by atoms with Crippen LogP contribution in [0.3, 0.4) is 0 Å². The fourth-order valence-corrected chi connectivity index (χ4v) is 2.28. The Morgan fingerprint density at radius 3 is 2.44 bits per heavy atom. The highest BCUT2D eigenvalue weighted by atomic mass is 16.2. The lowest BCUT2D eigenvalue weighted by molar-refractivity contribution is 0.102. The lowest BCUT2D eigenvalue weighted by Crippen LogP contribution is -2.18. The molecule has 128 valence electrons. The van der Waals surface area contributed by atoms with E-state index < -0.39 is 11.8 Å². The number of nitrogens with one attached hydrogen (secondary N) is 2. The molecule has 0 aliphatic rings. The standard InChI is InChI=1S/C17H18N6O2/c1-3-23-11-14(19-16(24)13-9-10-22(2)20-13)15(21-23)17(25)18-12-7-5-4-6-8-12/h4-11H,3H2,1-2H3,(H,18,25)(H,19,24). The van der Waals surface area contributed by atoms with Gasteiger partial charge in [-0.05, 0) is 25.1 Å². The number of para-hydroxylation sites is 1. The number of aryl methyl sites for hydroxylation is 2. The fourth-order valence-electron chi connectivity index (χ4n) is 2.28. The molecule has 0 aliphatic carbocycles. The van der Waals surface area contributed by atoms with E-state index >= 15 is 0 Å². The quantitative estimate of drug-likeness (QED) is 0.745. The monoisotopic (exact) mass is 338 g/mol. The molecule has 2 heterocycles. The number of aromatic nitrogens is 4. The minimum absolute atomic E-state index is 0.148. The molecule has 0 unspecified atom stereocenters. The van der Waals surface area contributed by atoms with Gasteiger partial charge in [0.05, 0.1) is 5.69 Å². The minimum atomic E-state index is -0.398. The molecule has 0 atom stereocenters. The highest BCUT2D eigenvalue weighted by Crippen LogP contribution is 2.17. The van der Waals surface area contributed by atoms with Crippen molar-refractivity contribution in [2.75, 3.05) is 10.6 Å². The highest BCUT2D eigenvalue weighted by Gasteiger charge is 2.20. The molecule has 3 aromatic rings. The zero-order valence-corrected chi connectivity index (χ0v) is 13.9. The van der Waals surface area contributed by atoms with Crippen LogP contribution in [0.5, 0.6) is 0 Å². The Labute approximate surface area is 144 Å². The Morgan fingerprint density at radius 2 is 1.80 bits per heavy atom. The molecular weight excluding hydrogens is 320 g/mol. The van der Waals surface area contributed by atoms with Gasteiger partial charge >= 0.3 is 0 Å². The number of carbonyl (C=O) groups is 2. The Hall–Kier alpha value is -3.42. The van der Waals surface area contributed by atoms with Crippen molar-refractivity contribution in [2.45, 2.75) is 13.5 Å². The molecule has 0 saturated carbocycles. The number of carbonyl (C=O) groups excluding carboxylic acids is 2. The normalized spacial score (nSPS) is 10.5. The SMILES string of the molecule is CCn1cc(NC(=O)c2ccn(C)n2)c(C(=O)Nc2ccccc2)n1. The number of anilines is 2. The van der Waals surface area contributed by atoms with E-state index in [-0.39, 0.29) is 11.4 Å². The topological polar surface area (TPSA) is 93.8 Å². The van der Waals surface area contributed by atoms with Crippen molar-refractivity contribution in [2.24, 2.45) is 7.05 Å². The van der Waals surface area contributed by atoms with Gasteiger partial charge in [-0.25, -0.2) is 0 Å². The molecule has 0 aliphatic heterocycles. The van der Waals surface area contributed by atoms with Gasteiger partial charge in [-0.3, -0.25) is 19.0 Å². The maximum Gasteiger partial charge on any atom is 0.278 e. The summed E-state index contributed by atoms with van der Waals surface area (Å²) < 4.78 is 3.13. The largest absolute Gasteiger partial charge is 0.321 e. The molecule has 8 heteroatoms. The van der Waals surface area contributed by atoms with Crippen LogP contribution in [0.2, 0.25) is 0 Å². The first kappa shape index (κ1) is 16.4. The lowest BCUT2D eigenvalue weighted by atomic mass is 10.3. The van der Waals surface area contributed by atoms with E-state index in [0.29, 0.717) is 17.9 Å². The van der Waals surface area contributed by atoms with E-state index in [0.717, 1.165) is 0 Å². The maximum absolute atomic E-state index is 12.5. The summed E-state index contributed by atoms with van der Waals surface area (Å²) in [6.45, 7) is 2.47. The summed E-state index contributed by atoms with van der Waals surface area (Å²) in [6.07, 6.45) is 3.30. The van der Waals surface area contributed by atoms with Crippen molar-refractivity contribution in [3.8, 4) is 0 Å². The van der Waals surface area contributed by atoms with Crippen LogP contribution in [0.1, 0.15) is 27.9 Å². The second-order valence-corrected chi connectivity index (χ2v) is 5.40. The summed E-state index contributed by atoms with van der Waals surface area (Å²) in [6, 6.07) is 10.7. The summed E-state index contributed by atoms with van der Waals surface area (Å²) in [7, 11) is 1.73. The van der Waals surface area contributed by atoms with E-state index in [1.54, 1.807) is 42.3 Å². The third-order valence-electron chi connectivity index (χ3n) is 3.53. The second-order valence-electron chi connectivity index (χ2n) is 5.40. The van der Waals surface area contributed by atoms with Gasteiger partial charge in [-0.15, -0.1) is 0 Å². The van der Waals surface area contributed by atoms with Gasteiger partial charge in [0.15, 0.2) is 11.4 Å². The van der Waals surface area contributed by atoms with Gasteiger partial charge in [-0.2, -0.15) is 10.2 Å². The Kier molecular flexibility index (Phi) is 4.60. The number of nitrogens with zero attached hydrogens (tertiary/aromatic N) is 4. The number of amides is 2. The molecule has 8 nitrogen and oxygen atoms in total. The summed E-state index contributed by atoms with van der Waals surface area (Å²) in [5, 5.41) is 13.8. The molecule has 2 aromatic heterocycles. The van der Waals surface area contributed by atoms with Crippen molar-refractivity contribution in [1.82, 2.24) is 19.6 Å². The van der Waals surface area contributed by atoms with Crippen molar-refractivity contribution in [3.63, 3.8) is 0 Å². The Balaban J connectivity index is 1.83. The number of benzene rings is 1. The van der Waals surface area contributed by atoms with E-state index in [4.69, 9.17) is 0 Å². The zero-order valence-electron chi connectivity index (χ0n) is 13.9. The molecule has 0 radical (unpaired) electrons. The molecule has 2 amide bonds. The van der Waals surface area contributed by atoms with Crippen molar-refractivity contribution in [1.29, 1.82) is 0 Å². The molecule has 1 aromatic carbocycles. The van der Waals surface area contributed by atoms with Crippen molar-refractivity contribution < 1.29 is 9.59 Å². The van der Waals surface area contributed by atoms with Crippen LogP contribution < -0.4 is 10.6 Å². The number of rotatable bonds is 5. The molecule has 0 fully saturated rings. The van der Waals surface area contributed by atoms with Crippen LogP contribution in [0.25, 0.3) is 0 Å².